The van der Waals surface area contributed by atoms with Crippen molar-refractivity contribution in [1.29, 1.82) is 0 Å². The summed E-state index contributed by atoms with van der Waals surface area (Å²) in [5, 5.41) is 0. The van der Waals surface area contributed by atoms with Gasteiger partial charge in [0, 0.05) is 6.07 Å². The molecule has 0 saturated carbocycles. The van der Waals surface area contributed by atoms with Gasteiger partial charge >= 0.3 is 0 Å². The van der Waals surface area contributed by atoms with Crippen LogP contribution in [0.2, 0.25) is 0 Å². The fraction of sp³-hybridized carbons (Fsp3) is 0.250. The molecule has 0 spiro atoms. The van der Waals surface area contributed by atoms with E-state index in [0.29, 0.717) is 12.0 Å². The molecular weight excluding hydrogens is 258 g/mol. The van der Waals surface area contributed by atoms with Crippen LogP contribution in [0, 0.1) is 11.6 Å². The molecule has 1 atom stereocenters. The molecule has 0 fully saturated rings. The highest BCUT2D eigenvalue weighted by Crippen LogP contribution is 2.21. The van der Waals surface area contributed by atoms with E-state index in [2.05, 4.69) is 12.3 Å². The van der Waals surface area contributed by atoms with Crippen molar-refractivity contribution in [3.63, 3.8) is 0 Å². The Morgan fingerprint density at radius 3 is 2.60 bits per heavy atom. The number of benzene rings is 2. The third-order valence-corrected chi connectivity index (χ3v) is 3.40. The van der Waals surface area contributed by atoms with Gasteiger partial charge in [-0.05, 0) is 35.6 Å². The first-order valence-corrected chi connectivity index (χ1v) is 6.63. The van der Waals surface area contributed by atoms with E-state index in [1.165, 1.54) is 17.7 Å². The maximum Gasteiger partial charge on any atom is 0.129 e. The van der Waals surface area contributed by atoms with Gasteiger partial charge in [0.2, 0.25) is 0 Å². The number of nitrogens with one attached hydrogen (secondary N) is 1. The van der Waals surface area contributed by atoms with E-state index in [1.807, 2.05) is 24.3 Å². The van der Waals surface area contributed by atoms with Gasteiger partial charge in [-0.25, -0.2) is 8.78 Å². The van der Waals surface area contributed by atoms with Crippen LogP contribution in [-0.4, -0.2) is 0 Å². The summed E-state index contributed by atoms with van der Waals surface area (Å²) in [7, 11) is 0. The molecule has 0 bridgehead atoms. The molecule has 0 heterocycles. The SMILES string of the molecule is CCc1cccc(C(Cc2ccc(F)cc2F)NN)c1. The smallest absolute Gasteiger partial charge is 0.129 e. The van der Waals surface area contributed by atoms with Crippen molar-refractivity contribution in [3.05, 3.63) is 70.8 Å². The van der Waals surface area contributed by atoms with Gasteiger partial charge in [0.25, 0.3) is 0 Å². The quantitative estimate of drug-likeness (QED) is 0.649. The zero-order chi connectivity index (χ0) is 14.5. The molecule has 3 N–H and O–H groups in total. The van der Waals surface area contributed by atoms with E-state index in [-0.39, 0.29) is 6.04 Å². The fourth-order valence-corrected chi connectivity index (χ4v) is 2.21. The molecule has 106 valence electrons. The number of hydrogen-bond donors (Lipinski definition) is 2. The number of aryl methyl sites for hydroxylation is 1. The van der Waals surface area contributed by atoms with Crippen LogP contribution in [-0.2, 0) is 12.8 Å². The number of rotatable bonds is 5. The van der Waals surface area contributed by atoms with Crippen LogP contribution in [0.25, 0.3) is 0 Å². The van der Waals surface area contributed by atoms with Crippen molar-refractivity contribution in [2.75, 3.05) is 0 Å². The molecule has 2 aromatic carbocycles. The van der Waals surface area contributed by atoms with Crippen LogP contribution in [0.4, 0.5) is 8.78 Å². The van der Waals surface area contributed by atoms with E-state index in [0.717, 1.165) is 18.1 Å². The lowest BCUT2D eigenvalue weighted by atomic mass is 9.97. The molecule has 0 aromatic heterocycles. The van der Waals surface area contributed by atoms with Crippen molar-refractivity contribution in [1.82, 2.24) is 5.43 Å². The third-order valence-electron chi connectivity index (χ3n) is 3.40. The highest BCUT2D eigenvalue weighted by atomic mass is 19.1. The highest BCUT2D eigenvalue weighted by molar-refractivity contribution is 5.28. The van der Waals surface area contributed by atoms with Crippen LogP contribution in [0.15, 0.2) is 42.5 Å². The molecule has 0 saturated heterocycles. The summed E-state index contributed by atoms with van der Waals surface area (Å²) in [5.74, 6) is 4.46. The van der Waals surface area contributed by atoms with Gasteiger partial charge in [-0.3, -0.25) is 11.3 Å². The van der Waals surface area contributed by atoms with Crippen molar-refractivity contribution in [2.24, 2.45) is 5.84 Å². The lowest BCUT2D eigenvalue weighted by Gasteiger charge is -2.17. The van der Waals surface area contributed by atoms with Crippen LogP contribution in [0.3, 0.4) is 0 Å². The van der Waals surface area contributed by atoms with E-state index >= 15 is 0 Å². The zero-order valence-corrected chi connectivity index (χ0v) is 11.4. The second kappa shape index (κ2) is 6.59. The van der Waals surface area contributed by atoms with Gasteiger partial charge in [-0.2, -0.15) is 0 Å². The lowest BCUT2D eigenvalue weighted by molar-refractivity contribution is 0.521. The fourth-order valence-electron chi connectivity index (χ4n) is 2.21. The summed E-state index contributed by atoms with van der Waals surface area (Å²) in [4.78, 5) is 0. The van der Waals surface area contributed by atoms with Crippen LogP contribution >= 0.6 is 0 Å². The summed E-state index contributed by atoms with van der Waals surface area (Å²) in [6, 6.07) is 11.4. The first kappa shape index (κ1) is 14.6. The zero-order valence-electron chi connectivity index (χ0n) is 11.4. The second-order valence-electron chi connectivity index (χ2n) is 4.76. The minimum absolute atomic E-state index is 0.207. The molecule has 2 rings (SSSR count). The van der Waals surface area contributed by atoms with E-state index in [9.17, 15) is 8.78 Å². The normalized spacial score (nSPS) is 12.4. The Bertz CT molecular complexity index is 584. The first-order chi connectivity index (χ1) is 9.63. The van der Waals surface area contributed by atoms with Gasteiger partial charge in [0.05, 0.1) is 6.04 Å². The van der Waals surface area contributed by atoms with Crippen LogP contribution in [0.1, 0.15) is 29.7 Å². The molecular formula is C16H18F2N2. The average Bonchev–Trinajstić information content (AvgIpc) is 2.46. The largest absolute Gasteiger partial charge is 0.271 e. The lowest BCUT2D eigenvalue weighted by Crippen LogP contribution is -2.29. The summed E-state index contributed by atoms with van der Waals surface area (Å²) in [6.07, 6.45) is 1.30. The Hall–Kier alpha value is -1.78. The van der Waals surface area contributed by atoms with E-state index in [4.69, 9.17) is 5.84 Å². The minimum Gasteiger partial charge on any atom is -0.271 e. The summed E-state index contributed by atoms with van der Waals surface area (Å²) in [5.41, 5.74) is 5.33. The van der Waals surface area contributed by atoms with E-state index < -0.39 is 11.6 Å². The second-order valence-corrected chi connectivity index (χ2v) is 4.76. The molecule has 2 aromatic rings. The maximum absolute atomic E-state index is 13.7. The van der Waals surface area contributed by atoms with Crippen molar-refractivity contribution in [2.45, 2.75) is 25.8 Å². The molecule has 0 aliphatic rings. The Labute approximate surface area is 117 Å². The molecule has 0 aliphatic carbocycles. The highest BCUT2D eigenvalue weighted by Gasteiger charge is 2.14. The van der Waals surface area contributed by atoms with Crippen molar-refractivity contribution >= 4 is 0 Å². The molecule has 0 amide bonds. The van der Waals surface area contributed by atoms with Gasteiger partial charge in [0.15, 0.2) is 0 Å². The van der Waals surface area contributed by atoms with Crippen molar-refractivity contribution in [3.8, 4) is 0 Å². The topological polar surface area (TPSA) is 38.0 Å². The Kier molecular flexibility index (Phi) is 4.82. The van der Waals surface area contributed by atoms with Crippen molar-refractivity contribution < 1.29 is 8.78 Å². The van der Waals surface area contributed by atoms with E-state index in [1.54, 1.807) is 0 Å². The number of hydrogen-bond acceptors (Lipinski definition) is 2. The number of hydrazine groups is 1. The monoisotopic (exact) mass is 276 g/mol. The van der Waals surface area contributed by atoms with Gasteiger partial charge in [-0.1, -0.05) is 37.3 Å². The van der Waals surface area contributed by atoms with Gasteiger partial charge in [0.1, 0.15) is 11.6 Å². The molecule has 0 aliphatic heterocycles. The molecule has 2 nitrogen and oxygen atoms in total. The molecule has 0 radical (unpaired) electrons. The predicted molar refractivity (Wildman–Crippen MR) is 75.9 cm³/mol. The summed E-state index contributed by atoms with van der Waals surface area (Å²) in [6.45, 7) is 2.07. The predicted octanol–water partition coefficient (Wildman–Crippen LogP) is 3.27. The average molecular weight is 276 g/mol. The Balaban J connectivity index is 2.23. The van der Waals surface area contributed by atoms with Crippen LogP contribution in [0.5, 0.6) is 0 Å². The van der Waals surface area contributed by atoms with Gasteiger partial charge in [-0.15, -0.1) is 0 Å². The summed E-state index contributed by atoms with van der Waals surface area (Å²) >= 11 is 0. The molecule has 4 heteroatoms. The standard InChI is InChI=1S/C16H18F2N2/c1-2-11-4-3-5-13(8-11)16(20-19)9-12-6-7-14(17)10-15(12)18/h3-8,10,16,20H,2,9,19H2,1H3. The minimum atomic E-state index is -0.573. The number of halogens is 2. The van der Waals surface area contributed by atoms with Crippen LogP contribution < -0.4 is 11.3 Å². The molecule has 1 unspecified atom stereocenters. The Morgan fingerprint density at radius 1 is 1.15 bits per heavy atom. The summed E-state index contributed by atoms with van der Waals surface area (Å²) < 4.78 is 26.6. The maximum atomic E-state index is 13.7. The first-order valence-electron chi connectivity index (χ1n) is 6.63. The molecule has 20 heavy (non-hydrogen) atoms. The Morgan fingerprint density at radius 2 is 1.95 bits per heavy atom. The third kappa shape index (κ3) is 3.40. The van der Waals surface area contributed by atoms with Gasteiger partial charge < -0.3 is 0 Å². The number of nitrogens with two attached hydrogens (primary N) is 1.